The number of ether oxygens (including phenoxy) is 1. The Hall–Kier alpha value is -0.370. The molecule has 0 aromatic heterocycles. The molecular weight excluding hydrogens is 200 g/mol. The molecule has 0 aliphatic heterocycles. The highest BCUT2D eigenvalue weighted by Gasteiger charge is 1.94. The molecule has 0 aliphatic carbocycles. The molecule has 0 aromatic rings. The second kappa shape index (κ2) is 12.7. The van der Waals surface area contributed by atoms with Crippen LogP contribution in [0.5, 0.6) is 0 Å². The Morgan fingerprint density at radius 3 is 1.69 bits per heavy atom. The van der Waals surface area contributed by atoms with Gasteiger partial charge in [-0.1, -0.05) is 44.9 Å². The fourth-order valence-electron chi connectivity index (χ4n) is 1.86. The summed E-state index contributed by atoms with van der Waals surface area (Å²) in [6.45, 7) is 2.59. The van der Waals surface area contributed by atoms with E-state index in [0.29, 0.717) is 5.78 Å². The summed E-state index contributed by atoms with van der Waals surface area (Å²) in [6.07, 6.45) is 12.3. The number of ketones is 1. The van der Waals surface area contributed by atoms with Crippen molar-refractivity contribution in [3.8, 4) is 0 Å². The molecule has 16 heavy (non-hydrogen) atoms. The van der Waals surface area contributed by atoms with Gasteiger partial charge in [0.2, 0.25) is 0 Å². The van der Waals surface area contributed by atoms with Crippen LogP contribution in [0.15, 0.2) is 0 Å². The summed E-state index contributed by atoms with van der Waals surface area (Å²) >= 11 is 0. The van der Waals surface area contributed by atoms with E-state index < -0.39 is 0 Å². The number of carbonyl (C=O) groups is 1. The fourth-order valence-corrected chi connectivity index (χ4v) is 1.86. The third-order valence-electron chi connectivity index (χ3n) is 2.88. The summed E-state index contributed by atoms with van der Waals surface area (Å²) in [7, 11) is 1.76. The molecule has 0 saturated carbocycles. The Balaban J connectivity index is 2.90. The average Bonchev–Trinajstić information content (AvgIpc) is 2.25. The summed E-state index contributed by atoms with van der Waals surface area (Å²) in [5.74, 6) is 0.332. The lowest BCUT2D eigenvalue weighted by atomic mass is 10.1. The maximum absolute atomic E-state index is 10.7. The van der Waals surface area contributed by atoms with E-state index in [4.69, 9.17) is 4.74 Å². The summed E-state index contributed by atoms with van der Waals surface area (Å²) in [5.41, 5.74) is 0. The van der Waals surface area contributed by atoms with Crippen LogP contribution in [-0.4, -0.2) is 19.5 Å². The number of unbranched alkanes of at least 4 members (excludes halogenated alkanes) is 8. The first-order valence-electron chi connectivity index (χ1n) is 6.75. The van der Waals surface area contributed by atoms with Crippen molar-refractivity contribution in [3.63, 3.8) is 0 Å². The van der Waals surface area contributed by atoms with Crippen LogP contribution in [0.3, 0.4) is 0 Å². The number of hydrogen-bond acceptors (Lipinski definition) is 2. The number of carbonyl (C=O) groups excluding carboxylic acids is 1. The summed E-state index contributed by atoms with van der Waals surface area (Å²) in [6, 6.07) is 0. The van der Waals surface area contributed by atoms with Crippen molar-refractivity contribution in [2.24, 2.45) is 0 Å². The third kappa shape index (κ3) is 13.6. The molecular formula is C14H28O2. The Labute approximate surface area is 101 Å². The molecule has 2 heteroatoms. The van der Waals surface area contributed by atoms with Gasteiger partial charge in [-0.2, -0.15) is 0 Å². The fraction of sp³-hybridized carbons (Fsp3) is 0.929. The summed E-state index contributed by atoms with van der Waals surface area (Å²) in [4.78, 5) is 10.7. The molecule has 96 valence electrons. The second-order valence-electron chi connectivity index (χ2n) is 4.63. The van der Waals surface area contributed by atoms with E-state index >= 15 is 0 Å². The lowest BCUT2D eigenvalue weighted by Crippen LogP contribution is -1.90. The van der Waals surface area contributed by atoms with Gasteiger partial charge in [0.15, 0.2) is 0 Å². The minimum Gasteiger partial charge on any atom is -0.385 e. The predicted octanol–water partition coefficient (Wildman–Crippen LogP) is 4.12. The molecule has 0 atom stereocenters. The zero-order valence-corrected chi connectivity index (χ0v) is 11.1. The van der Waals surface area contributed by atoms with E-state index in [0.717, 1.165) is 19.4 Å². The first kappa shape index (κ1) is 15.6. The minimum absolute atomic E-state index is 0.332. The molecule has 2 nitrogen and oxygen atoms in total. The van der Waals surface area contributed by atoms with Crippen molar-refractivity contribution in [2.75, 3.05) is 13.7 Å². The van der Waals surface area contributed by atoms with Crippen LogP contribution in [0.1, 0.15) is 71.1 Å². The van der Waals surface area contributed by atoms with Crippen LogP contribution in [0.4, 0.5) is 0 Å². The predicted molar refractivity (Wildman–Crippen MR) is 68.7 cm³/mol. The first-order chi connectivity index (χ1) is 7.77. The Kier molecular flexibility index (Phi) is 12.4. The Morgan fingerprint density at radius 1 is 0.812 bits per heavy atom. The molecule has 0 saturated heterocycles. The van der Waals surface area contributed by atoms with Gasteiger partial charge in [0.05, 0.1) is 0 Å². The molecule has 0 aromatic carbocycles. The van der Waals surface area contributed by atoms with Gasteiger partial charge in [0, 0.05) is 20.1 Å². The van der Waals surface area contributed by atoms with E-state index in [2.05, 4.69) is 0 Å². The van der Waals surface area contributed by atoms with Gasteiger partial charge in [-0.05, 0) is 19.8 Å². The van der Waals surface area contributed by atoms with E-state index in [1.54, 1.807) is 14.0 Å². The van der Waals surface area contributed by atoms with Crippen molar-refractivity contribution in [2.45, 2.75) is 71.1 Å². The molecule has 0 fully saturated rings. The molecule has 0 aliphatic rings. The van der Waals surface area contributed by atoms with Gasteiger partial charge in [0.25, 0.3) is 0 Å². The zero-order valence-electron chi connectivity index (χ0n) is 11.1. The highest BCUT2D eigenvalue weighted by molar-refractivity contribution is 5.75. The Bertz CT molecular complexity index is 155. The number of rotatable bonds is 12. The summed E-state index contributed by atoms with van der Waals surface area (Å²) in [5, 5.41) is 0. The van der Waals surface area contributed by atoms with Crippen LogP contribution < -0.4 is 0 Å². The van der Waals surface area contributed by atoms with E-state index in [1.807, 2.05) is 0 Å². The quantitative estimate of drug-likeness (QED) is 0.470. The highest BCUT2D eigenvalue weighted by Crippen LogP contribution is 2.10. The molecule has 0 amide bonds. The normalized spacial score (nSPS) is 10.6. The monoisotopic (exact) mass is 228 g/mol. The van der Waals surface area contributed by atoms with Gasteiger partial charge in [-0.3, -0.25) is 0 Å². The molecule has 0 unspecified atom stereocenters. The largest absolute Gasteiger partial charge is 0.385 e. The van der Waals surface area contributed by atoms with Crippen molar-refractivity contribution >= 4 is 5.78 Å². The van der Waals surface area contributed by atoms with Gasteiger partial charge in [-0.15, -0.1) is 0 Å². The molecule has 0 spiro atoms. The van der Waals surface area contributed by atoms with Gasteiger partial charge in [0.1, 0.15) is 5.78 Å². The van der Waals surface area contributed by atoms with Gasteiger partial charge >= 0.3 is 0 Å². The SMILES string of the molecule is COCCCCCCCCCCCC(C)=O. The van der Waals surface area contributed by atoms with Crippen molar-refractivity contribution in [3.05, 3.63) is 0 Å². The van der Waals surface area contributed by atoms with E-state index in [-0.39, 0.29) is 0 Å². The molecule has 0 heterocycles. The standard InChI is InChI=1S/C14H28O2/c1-14(15)12-10-8-6-4-3-5-7-9-11-13-16-2/h3-13H2,1-2H3. The topological polar surface area (TPSA) is 26.3 Å². The molecule has 0 N–H and O–H groups in total. The summed E-state index contributed by atoms with van der Waals surface area (Å²) < 4.78 is 5.01. The van der Waals surface area contributed by atoms with Gasteiger partial charge in [-0.25, -0.2) is 0 Å². The maximum atomic E-state index is 10.7. The average molecular weight is 228 g/mol. The van der Waals surface area contributed by atoms with Crippen LogP contribution in [0.25, 0.3) is 0 Å². The van der Waals surface area contributed by atoms with Crippen LogP contribution in [0.2, 0.25) is 0 Å². The molecule has 0 radical (unpaired) electrons. The van der Waals surface area contributed by atoms with Crippen LogP contribution in [-0.2, 0) is 9.53 Å². The lowest BCUT2D eigenvalue weighted by Gasteiger charge is -2.02. The van der Waals surface area contributed by atoms with Crippen molar-refractivity contribution in [1.29, 1.82) is 0 Å². The zero-order chi connectivity index (χ0) is 12.1. The van der Waals surface area contributed by atoms with Gasteiger partial charge < -0.3 is 9.53 Å². The van der Waals surface area contributed by atoms with E-state index in [1.165, 1.54) is 51.4 Å². The molecule has 0 bridgehead atoms. The van der Waals surface area contributed by atoms with E-state index in [9.17, 15) is 4.79 Å². The van der Waals surface area contributed by atoms with Crippen molar-refractivity contribution in [1.82, 2.24) is 0 Å². The maximum Gasteiger partial charge on any atom is 0.129 e. The van der Waals surface area contributed by atoms with Crippen LogP contribution in [0, 0.1) is 0 Å². The second-order valence-corrected chi connectivity index (χ2v) is 4.63. The molecule has 0 rings (SSSR count). The smallest absolute Gasteiger partial charge is 0.129 e. The lowest BCUT2D eigenvalue weighted by molar-refractivity contribution is -0.117. The highest BCUT2D eigenvalue weighted by atomic mass is 16.5. The third-order valence-corrected chi connectivity index (χ3v) is 2.88. The minimum atomic E-state index is 0.332. The number of Topliss-reactive ketones (excluding diaryl/α,β-unsaturated/α-hetero) is 1. The van der Waals surface area contributed by atoms with Crippen molar-refractivity contribution < 1.29 is 9.53 Å². The first-order valence-corrected chi connectivity index (χ1v) is 6.75. The Morgan fingerprint density at radius 2 is 1.25 bits per heavy atom. The number of methoxy groups -OCH3 is 1. The number of hydrogen-bond donors (Lipinski definition) is 0. The van der Waals surface area contributed by atoms with Crippen LogP contribution >= 0.6 is 0 Å².